The summed E-state index contributed by atoms with van der Waals surface area (Å²) in [6.45, 7) is 6.42. The summed E-state index contributed by atoms with van der Waals surface area (Å²) < 4.78 is 25.0. The summed E-state index contributed by atoms with van der Waals surface area (Å²) in [6, 6.07) is 22.8. The van der Waals surface area contributed by atoms with E-state index in [1.165, 1.54) is 5.56 Å². The normalized spacial score (nSPS) is 11.8. The lowest BCUT2D eigenvalue weighted by Crippen LogP contribution is -2.13. The number of sulfone groups is 1. The molecule has 0 aliphatic carbocycles. The molecule has 0 unspecified atom stereocenters. The number of anilines is 1. The minimum Gasteiger partial charge on any atom is -0.322 e. The lowest BCUT2D eigenvalue weighted by molar-refractivity contribution is 0.102. The maximum absolute atomic E-state index is 12.5. The second-order valence-corrected chi connectivity index (χ2v) is 10.0. The van der Waals surface area contributed by atoms with E-state index in [2.05, 4.69) is 26.1 Å². The molecular formula is C24H25NO3S. The Morgan fingerprint density at radius 1 is 0.828 bits per heavy atom. The van der Waals surface area contributed by atoms with Crippen LogP contribution >= 0.6 is 0 Å². The van der Waals surface area contributed by atoms with Gasteiger partial charge in [-0.05, 0) is 52.9 Å². The van der Waals surface area contributed by atoms with Crippen molar-refractivity contribution < 1.29 is 13.2 Å². The summed E-state index contributed by atoms with van der Waals surface area (Å²) in [7, 11) is -3.41. The van der Waals surface area contributed by atoms with Gasteiger partial charge in [-0.2, -0.15) is 0 Å². The van der Waals surface area contributed by atoms with E-state index in [0.717, 1.165) is 5.69 Å². The van der Waals surface area contributed by atoms with Crippen LogP contribution in [-0.2, 0) is 21.0 Å². The Morgan fingerprint density at radius 2 is 1.41 bits per heavy atom. The molecular weight excluding hydrogens is 382 g/mol. The first-order chi connectivity index (χ1) is 13.6. The number of benzene rings is 3. The van der Waals surface area contributed by atoms with Crippen molar-refractivity contribution in [1.29, 1.82) is 0 Å². The molecule has 0 radical (unpaired) electrons. The Hall–Kier alpha value is -2.92. The standard InChI is InChI=1S/C24H25NO3S/c1-24(2,3)20-13-15-21(16-14-20)25-23(26)19-11-9-18(10-12-19)17-29(27,28)22-7-5-4-6-8-22/h4-16H,17H2,1-3H3,(H,25,26). The quantitative estimate of drug-likeness (QED) is 0.631. The van der Waals surface area contributed by atoms with Crippen molar-refractivity contribution in [3.05, 3.63) is 95.6 Å². The predicted molar refractivity (Wildman–Crippen MR) is 117 cm³/mol. The van der Waals surface area contributed by atoms with Gasteiger partial charge in [0, 0.05) is 11.3 Å². The smallest absolute Gasteiger partial charge is 0.255 e. The van der Waals surface area contributed by atoms with Crippen LogP contribution in [0.3, 0.4) is 0 Å². The maximum Gasteiger partial charge on any atom is 0.255 e. The Kier molecular flexibility index (Phi) is 5.89. The van der Waals surface area contributed by atoms with Crippen LogP contribution in [0.4, 0.5) is 5.69 Å². The molecule has 1 N–H and O–H groups in total. The van der Waals surface area contributed by atoms with E-state index in [1.54, 1.807) is 54.6 Å². The molecule has 0 bridgehead atoms. The minimum atomic E-state index is -3.41. The third-order valence-corrected chi connectivity index (χ3v) is 6.39. The van der Waals surface area contributed by atoms with Crippen LogP contribution in [0.25, 0.3) is 0 Å². The van der Waals surface area contributed by atoms with Gasteiger partial charge >= 0.3 is 0 Å². The molecule has 0 spiro atoms. The molecule has 1 amide bonds. The monoisotopic (exact) mass is 407 g/mol. The van der Waals surface area contributed by atoms with Crippen molar-refractivity contribution in [1.82, 2.24) is 0 Å². The molecule has 3 aromatic carbocycles. The third-order valence-electron chi connectivity index (χ3n) is 4.68. The molecule has 29 heavy (non-hydrogen) atoms. The summed E-state index contributed by atoms with van der Waals surface area (Å²) in [4.78, 5) is 12.8. The van der Waals surface area contributed by atoms with E-state index in [4.69, 9.17) is 0 Å². The van der Waals surface area contributed by atoms with Crippen LogP contribution in [0.15, 0.2) is 83.8 Å². The first kappa shape index (κ1) is 20.8. The van der Waals surface area contributed by atoms with E-state index in [9.17, 15) is 13.2 Å². The third kappa shape index (κ3) is 5.33. The Bertz CT molecular complexity index is 1080. The largest absolute Gasteiger partial charge is 0.322 e. The fraction of sp³-hybridized carbons (Fsp3) is 0.208. The second-order valence-electron chi connectivity index (χ2n) is 8.05. The fourth-order valence-electron chi connectivity index (χ4n) is 2.94. The van der Waals surface area contributed by atoms with E-state index >= 15 is 0 Å². The van der Waals surface area contributed by atoms with E-state index < -0.39 is 9.84 Å². The summed E-state index contributed by atoms with van der Waals surface area (Å²) in [5.74, 6) is -0.335. The van der Waals surface area contributed by atoms with Gasteiger partial charge in [-0.3, -0.25) is 4.79 Å². The number of rotatable bonds is 5. The van der Waals surface area contributed by atoms with Crippen molar-refractivity contribution in [3.63, 3.8) is 0 Å². The minimum absolute atomic E-state index is 0.0540. The molecule has 0 aromatic heterocycles. The highest BCUT2D eigenvalue weighted by molar-refractivity contribution is 7.90. The fourth-order valence-corrected chi connectivity index (χ4v) is 4.31. The zero-order valence-electron chi connectivity index (χ0n) is 16.8. The van der Waals surface area contributed by atoms with Crippen LogP contribution in [-0.4, -0.2) is 14.3 Å². The van der Waals surface area contributed by atoms with Gasteiger partial charge in [0.1, 0.15) is 0 Å². The summed E-state index contributed by atoms with van der Waals surface area (Å²) in [6.07, 6.45) is 0. The van der Waals surface area contributed by atoms with E-state index in [1.807, 2.05) is 24.3 Å². The summed E-state index contributed by atoms with van der Waals surface area (Å²) in [5, 5.41) is 2.87. The topological polar surface area (TPSA) is 63.2 Å². The molecule has 0 atom stereocenters. The molecule has 0 saturated heterocycles. The van der Waals surface area contributed by atoms with Crippen LogP contribution in [0.2, 0.25) is 0 Å². The number of carbonyl (C=O) groups excluding carboxylic acids is 1. The highest BCUT2D eigenvalue weighted by Crippen LogP contribution is 2.24. The van der Waals surface area contributed by atoms with Gasteiger partial charge in [-0.15, -0.1) is 0 Å². The van der Waals surface area contributed by atoms with Crippen molar-refractivity contribution in [2.45, 2.75) is 36.8 Å². The Morgan fingerprint density at radius 3 is 1.97 bits per heavy atom. The van der Waals surface area contributed by atoms with Crippen molar-refractivity contribution in [2.24, 2.45) is 0 Å². The number of nitrogens with one attached hydrogen (secondary N) is 1. The second kappa shape index (κ2) is 8.21. The molecule has 0 aliphatic rings. The van der Waals surface area contributed by atoms with Crippen LogP contribution in [0, 0.1) is 0 Å². The van der Waals surface area contributed by atoms with Gasteiger partial charge < -0.3 is 5.32 Å². The first-order valence-electron chi connectivity index (χ1n) is 9.44. The van der Waals surface area contributed by atoms with Gasteiger partial charge in [0.2, 0.25) is 0 Å². The SMILES string of the molecule is CC(C)(C)c1ccc(NC(=O)c2ccc(CS(=O)(=O)c3ccccc3)cc2)cc1. The van der Waals surface area contributed by atoms with Crippen LogP contribution in [0.1, 0.15) is 42.3 Å². The molecule has 4 nitrogen and oxygen atoms in total. The average molecular weight is 408 g/mol. The molecule has 0 saturated carbocycles. The number of hydrogen-bond acceptors (Lipinski definition) is 3. The molecule has 0 fully saturated rings. The molecule has 0 aliphatic heterocycles. The highest BCUT2D eigenvalue weighted by atomic mass is 32.2. The Balaban J connectivity index is 1.67. The number of amides is 1. The zero-order chi connectivity index (χ0) is 21.1. The van der Waals surface area contributed by atoms with E-state index in [-0.39, 0.29) is 17.1 Å². The Labute approximate surface area is 172 Å². The van der Waals surface area contributed by atoms with Gasteiger partial charge in [0.05, 0.1) is 10.6 Å². The molecule has 3 rings (SSSR count). The van der Waals surface area contributed by atoms with Crippen LogP contribution in [0.5, 0.6) is 0 Å². The highest BCUT2D eigenvalue weighted by Gasteiger charge is 2.16. The van der Waals surface area contributed by atoms with Gasteiger partial charge in [0.15, 0.2) is 9.84 Å². The number of hydrogen-bond donors (Lipinski definition) is 1. The molecule has 150 valence electrons. The van der Waals surface area contributed by atoms with Crippen molar-refractivity contribution >= 4 is 21.4 Å². The molecule has 5 heteroatoms. The average Bonchev–Trinajstić information content (AvgIpc) is 2.68. The molecule has 3 aromatic rings. The predicted octanol–water partition coefficient (Wildman–Crippen LogP) is 5.21. The lowest BCUT2D eigenvalue weighted by atomic mass is 9.87. The van der Waals surface area contributed by atoms with Crippen molar-refractivity contribution in [3.8, 4) is 0 Å². The van der Waals surface area contributed by atoms with Gasteiger partial charge in [0.25, 0.3) is 5.91 Å². The first-order valence-corrected chi connectivity index (χ1v) is 11.1. The summed E-state index contributed by atoms with van der Waals surface area (Å²) >= 11 is 0. The number of carbonyl (C=O) groups is 1. The summed E-state index contributed by atoms with van der Waals surface area (Å²) in [5.41, 5.74) is 3.09. The van der Waals surface area contributed by atoms with Crippen LogP contribution < -0.4 is 5.32 Å². The lowest BCUT2D eigenvalue weighted by Gasteiger charge is -2.19. The molecule has 0 heterocycles. The van der Waals surface area contributed by atoms with E-state index in [0.29, 0.717) is 16.0 Å². The zero-order valence-corrected chi connectivity index (χ0v) is 17.7. The van der Waals surface area contributed by atoms with Gasteiger partial charge in [-0.25, -0.2) is 8.42 Å². The maximum atomic E-state index is 12.5. The van der Waals surface area contributed by atoms with Gasteiger partial charge in [-0.1, -0.05) is 63.2 Å². The van der Waals surface area contributed by atoms with Crippen molar-refractivity contribution in [2.75, 3.05) is 5.32 Å².